The maximum Gasteiger partial charge on any atom is 0.416 e. The van der Waals surface area contributed by atoms with Gasteiger partial charge in [0.25, 0.3) is 5.91 Å². The molecule has 0 unspecified atom stereocenters. The normalized spacial score (nSPS) is 12.0. The fourth-order valence-electron chi connectivity index (χ4n) is 2.67. The first-order valence-corrected chi connectivity index (χ1v) is 8.46. The highest BCUT2D eigenvalue weighted by molar-refractivity contribution is 5.94. The van der Waals surface area contributed by atoms with Crippen LogP contribution in [0.2, 0.25) is 0 Å². The van der Waals surface area contributed by atoms with E-state index in [1.165, 1.54) is 17.1 Å². The van der Waals surface area contributed by atoms with Crippen LogP contribution in [0.15, 0.2) is 54.9 Å². The van der Waals surface area contributed by atoms with E-state index in [0.717, 1.165) is 12.1 Å². The minimum absolute atomic E-state index is 0.182. The van der Waals surface area contributed by atoms with Gasteiger partial charge < -0.3 is 5.32 Å². The molecule has 0 bridgehead atoms. The molecule has 0 aliphatic carbocycles. The first-order valence-electron chi connectivity index (χ1n) is 8.46. The van der Waals surface area contributed by atoms with Gasteiger partial charge in [-0.1, -0.05) is 32.0 Å². The number of nitrogens with zero attached hydrogens (tertiary/aromatic N) is 4. The lowest BCUT2D eigenvalue weighted by Crippen LogP contribution is -2.36. The summed E-state index contributed by atoms with van der Waals surface area (Å²) in [5, 5.41) is 13.6. The Hall–Kier alpha value is -3.23. The van der Waals surface area contributed by atoms with Crippen LogP contribution in [0.4, 0.5) is 13.2 Å². The highest BCUT2D eigenvalue weighted by Crippen LogP contribution is 2.32. The monoisotopic (exact) mass is 389 g/mol. The average Bonchev–Trinajstić information content (AvgIpc) is 3.20. The Morgan fingerprint density at radius 1 is 1.07 bits per heavy atom. The van der Waals surface area contributed by atoms with E-state index in [0.29, 0.717) is 16.8 Å². The number of aromatic nitrogens is 4. The number of carbonyl (C=O) groups is 1. The molecule has 6 nitrogen and oxygen atoms in total. The molecule has 1 amide bonds. The summed E-state index contributed by atoms with van der Waals surface area (Å²) in [7, 11) is 0. The van der Waals surface area contributed by atoms with Crippen molar-refractivity contribution in [3.8, 4) is 5.69 Å². The number of hydrogen-bond acceptors (Lipinski definition) is 4. The van der Waals surface area contributed by atoms with Crippen LogP contribution in [0.25, 0.3) is 5.69 Å². The number of halogens is 3. The number of rotatable bonds is 5. The van der Waals surface area contributed by atoms with Crippen molar-refractivity contribution >= 4 is 5.91 Å². The summed E-state index contributed by atoms with van der Waals surface area (Å²) in [4.78, 5) is 12.4. The predicted molar refractivity (Wildman–Crippen MR) is 96.0 cm³/mol. The van der Waals surface area contributed by atoms with Gasteiger partial charge in [0, 0.05) is 17.5 Å². The number of carbonyl (C=O) groups excluding carboxylic acids is 1. The fourth-order valence-corrected chi connectivity index (χ4v) is 2.67. The second-order valence-electron chi connectivity index (χ2n) is 6.95. The number of hydrogen-bond donors (Lipinski definition) is 1. The Morgan fingerprint density at radius 3 is 2.36 bits per heavy atom. The average molecular weight is 389 g/mol. The molecular formula is C19H18F3N5O. The molecule has 0 aliphatic rings. The topological polar surface area (TPSA) is 72.7 Å². The van der Waals surface area contributed by atoms with Gasteiger partial charge in [-0.3, -0.25) is 4.79 Å². The zero-order valence-corrected chi connectivity index (χ0v) is 15.2. The van der Waals surface area contributed by atoms with Crippen molar-refractivity contribution in [3.05, 3.63) is 71.5 Å². The van der Waals surface area contributed by atoms with Crippen molar-refractivity contribution in [2.75, 3.05) is 6.54 Å². The molecule has 28 heavy (non-hydrogen) atoms. The minimum atomic E-state index is -4.41. The van der Waals surface area contributed by atoms with Crippen molar-refractivity contribution in [2.24, 2.45) is 0 Å². The van der Waals surface area contributed by atoms with Gasteiger partial charge >= 0.3 is 6.18 Å². The van der Waals surface area contributed by atoms with Crippen LogP contribution >= 0.6 is 0 Å². The zero-order valence-electron chi connectivity index (χ0n) is 15.2. The molecule has 9 heteroatoms. The van der Waals surface area contributed by atoms with Crippen LogP contribution in [0.5, 0.6) is 0 Å². The van der Waals surface area contributed by atoms with Crippen molar-refractivity contribution in [3.63, 3.8) is 0 Å². The molecule has 0 saturated carbocycles. The maximum absolute atomic E-state index is 12.9. The van der Waals surface area contributed by atoms with Crippen molar-refractivity contribution < 1.29 is 18.0 Å². The molecule has 3 rings (SSSR count). The summed E-state index contributed by atoms with van der Waals surface area (Å²) in [5.41, 5.74) is 0.241. The number of nitrogens with one attached hydrogen (secondary N) is 1. The van der Waals surface area contributed by atoms with E-state index >= 15 is 0 Å². The van der Waals surface area contributed by atoms with Gasteiger partial charge in [-0.15, -0.1) is 5.10 Å². The van der Waals surface area contributed by atoms with Crippen LogP contribution < -0.4 is 5.32 Å². The van der Waals surface area contributed by atoms with Crippen molar-refractivity contribution in [1.29, 1.82) is 0 Å². The molecule has 0 saturated heterocycles. The molecule has 0 aliphatic heterocycles. The second kappa shape index (κ2) is 7.41. The Bertz CT molecular complexity index is 950. The Kier molecular flexibility index (Phi) is 5.17. The third-order valence-electron chi connectivity index (χ3n) is 4.41. The van der Waals surface area contributed by atoms with E-state index in [-0.39, 0.29) is 12.5 Å². The molecule has 1 N–H and O–H groups in total. The molecule has 0 fully saturated rings. The third-order valence-corrected chi connectivity index (χ3v) is 4.41. The van der Waals surface area contributed by atoms with Crippen molar-refractivity contribution in [2.45, 2.75) is 25.4 Å². The summed E-state index contributed by atoms with van der Waals surface area (Å²) >= 11 is 0. The van der Waals surface area contributed by atoms with E-state index in [1.807, 2.05) is 0 Å². The zero-order chi connectivity index (χ0) is 20.4. The predicted octanol–water partition coefficient (Wildman–Crippen LogP) is 3.39. The summed E-state index contributed by atoms with van der Waals surface area (Å²) in [6.07, 6.45) is -2.97. The smallest absolute Gasteiger partial charge is 0.351 e. The molecule has 0 radical (unpaired) electrons. The molecular weight excluding hydrogens is 371 g/mol. The molecule has 146 valence electrons. The number of tetrazole rings is 1. The van der Waals surface area contributed by atoms with E-state index in [9.17, 15) is 18.0 Å². The van der Waals surface area contributed by atoms with Crippen molar-refractivity contribution in [1.82, 2.24) is 25.5 Å². The number of alkyl halides is 3. The first-order chi connectivity index (χ1) is 13.2. The van der Waals surface area contributed by atoms with Gasteiger partial charge in [0.2, 0.25) is 0 Å². The van der Waals surface area contributed by atoms with E-state index in [4.69, 9.17) is 0 Å². The standard InChI is InChI=1S/C19H18F3N5O/c1-18(2,14-4-3-5-15(10-14)19(20,21)22)11-23-17(28)13-6-8-16(9-7-13)27-12-24-25-26-27/h3-10,12H,11H2,1-2H3,(H,23,28). The summed E-state index contributed by atoms with van der Waals surface area (Å²) in [5.74, 6) is -0.316. The van der Waals surface area contributed by atoms with Gasteiger partial charge in [-0.2, -0.15) is 13.2 Å². The SMILES string of the molecule is CC(C)(CNC(=O)c1ccc(-n2cnnn2)cc1)c1cccc(C(F)(F)F)c1. The van der Waals surface area contributed by atoms with Gasteiger partial charge in [0.05, 0.1) is 11.3 Å². The summed E-state index contributed by atoms with van der Waals surface area (Å²) in [6.45, 7) is 3.75. The lowest BCUT2D eigenvalue weighted by molar-refractivity contribution is -0.137. The fraction of sp³-hybridized carbons (Fsp3) is 0.263. The van der Waals surface area contributed by atoms with Crippen LogP contribution in [0.1, 0.15) is 35.3 Å². The molecule has 0 atom stereocenters. The molecule has 2 aromatic carbocycles. The lowest BCUT2D eigenvalue weighted by atomic mass is 9.83. The Morgan fingerprint density at radius 2 is 1.75 bits per heavy atom. The molecule has 1 heterocycles. The summed E-state index contributed by atoms with van der Waals surface area (Å²) < 4.78 is 40.3. The van der Waals surface area contributed by atoms with E-state index in [1.54, 1.807) is 44.2 Å². The van der Waals surface area contributed by atoms with Gasteiger partial charge in [-0.05, 0) is 46.3 Å². The van der Waals surface area contributed by atoms with Crippen LogP contribution in [-0.2, 0) is 11.6 Å². The van der Waals surface area contributed by atoms with Crippen LogP contribution in [0.3, 0.4) is 0 Å². The Balaban J connectivity index is 1.68. The highest BCUT2D eigenvalue weighted by atomic mass is 19.4. The van der Waals surface area contributed by atoms with E-state index in [2.05, 4.69) is 20.8 Å². The number of benzene rings is 2. The highest BCUT2D eigenvalue weighted by Gasteiger charge is 2.32. The second-order valence-corrected chi connectivity index (χ2v) is 6.95. The van der Waals surface area contributed by atoms with Crippen LogP contribution in [0, 0.1) is 0 Å². The van der Waals surface area contributed by atoms with Gasteiger partial charge in [0.1, 0.15) is 6.33 Å². The van der Waals surface area contributed by atoms with Gasteiger partial charge in [0.15, 0.2) is 0 Å². The minimum Gasteiger partial charge on any atom is -0.351 e. The quantitative estimate of drug-likeness (QED) is 0.726. The Labute approximate surface area is 159 Å². The third kappa shape index (κ3) is 4.36. The first kappa shape index (κ1) is 19.5. The molecule has 1 aromatic heterocycles. The lowest BCUT2D eigenvalue weighted by Gasteiger charge is -2.26. The van der Waals surface area contributed by atoms with E-state index < -0.39 is 17.2 Å². The van der Waals surface area contributed by atoms with Crippen LogP contribution in [-0.4, -0.2) is 32.7 Å². The molecule has 3 aromatic rings. The largest absolute Gasteiger partial charge is 0.416 e. The maximum atomic E-state index is 12.9. The molecule has 0 spiro atoms. The summed E-state index contributed by atoms with van der Waals surface area (Å²) in [6, 6.07) is 11.8. The number of amides is 1. The van der Waals surface area contributed by atoms with Gasteiger partial charge in [-0.25, -0.2) is 4.68 Å².